The first-order valence-electron chi connectivity index (χ1n) is 3.39. The highest BCUT2D eigenvalue weighted by Gasteiger charge is 2.01. The van der Waals surface area contributed by atoms with Crippen molar-refractivity contribution < 1.29 is 9.32 Å². The van der Waals surface area contributed by atoms with Gasteiger partial charge in [-0.05, 0) is 6.92 Å². The van der Waals surface area contributed by atoms with Crippen molar-refractivity contribution >= 4 is 6.03 Å². The molecule has 0 aliphatic heterocycles. The fourth-order valence-corrected chi connectivity index (χ4v) is 0.723. The molecule has 1 aromatic heterocycles. The summed E-state index contributed by atoms with van der Waals surface area (Å²) < 4.78 is 4.78. The lowest BCUT2D eigenvalue weighted by atomic mass is 10.4. The van der Waals surface area contributed by atoms with E-state index in [4.69, 9.17) is 10.4 Å². The predicted octanol–water partition coefficient (Wildman–Crippen LogP) is -0.344. The molecule has 0 saturated heterocycles. The molecular weight excluding hydrogens is 160 g/mol. The van der Waals surface area contributed by atoms with Gasteiger partial charge in [0.15, 0.2) is 0 Å². The van der Waals surface area contributed by atoms with Crippen LogP contribution in [0, 0.1) is 6.92 Å². The fraction of sp³-hybridized carbons (Fsp3) is 0.333. The highest BCUT2D eigenvalue weighted by molar-refractivity contribution is 5.72. The molecule has 0 aliphatic rings. The third kappa shape index (κ3) is 2.24. The first-order valence-corrected chi connectivity index (χ1v) is 3.39. The first kappa shape index (κ1) is 8.54. The molecule has 6 nitrogen and oxygen atoms in total. The predicted molar refractivity (Wildman–Crippen MR) is 40.8 cm³/mol. The number of rotatable bonds is 2. The highest BCUT2D eigenvalue weighted by atomic mass is 16.5. The Morgan fingerprint density at radius 2 is 2.58 bits per heavy atom. The minimum atomic E-state index is -0.448. The highest BCUT2D eigenvalue weighted by Crippen LogP contribution is 1.99. The van der Waals surface area contributed by atoms with Crippen LogP contribution in [0.2, 0.25) is 0 Å². The smallest absolute Gasteiger partial charge is 0.329 e. The Morgan fingerprint density at radius 3 is 3.08 bits per heavy atom. The largest absolute Gasteiger partial charge is 0.361 e. The number of nitrogens with one attached hydrogen (secondary N) is 2. The summed E-state index contributed by atoms with van der Waals surface area (Å²) in [5.41, 5.74) is 2.60. The zero-order valence-electron chi connectivity index (χ0n) is 6.63. The van der Waals surface area contributed by atoms with Crippen LogP contribution in [-0.2, 0) is 6.54 Å². The SMILES string of the molecule is Cc1cc(CNC(=O)NN)no1. The van der Waals surface area contributed by atoms with Crippen molar-refractivity contribution in [2.45, 2.75) is 13.5 Å². The van der Waals surface area contributed by atoms with E-state index in [1.165, 1.54) is 0 Å². The summed E-state index contributed by atoms with van der Waals surface area (Å²) in [5, 5.41) is 6.13. The Bertz CT molecular complexity index is 270. The number of aryl methyl sites for hydroxylation is 1. The summed E-state index contributed by atoms with van der Waals surface area (Å²) in [7, 11) is 0. The molecule has 1 aromatic rings. The number of nitrogens with zero attached hydrogens (tertiary/aromatic N) is 1. The van der Waals surface area contributed by atoms with Crippen LogP contribution in [0.1, 0.15) is 11.5 Å². The summed E-state index contributed by atoms with van der Waals surface area (Å²) in [6.07, 6.45) is 0. The molecule has 0 aliphatic carbocycles. The minimum absolute atomic E-state index is 0.306. The first-order chi connectivity index (χ1) is 5.72. The van der Waals surface area contributed by atoms with Crippen molar-refractivity contribution in [2.75, 3.05) is 0 Å². The summed E-state index contributed by atoms with van der Waals surface area (Å²) in [6, 6.07) is 1.28. The number of hydrazine groups is 1. The van der Waals surface area contributed by atoms with E-state index < -0.39 is 6.03 Å². The average molecular weight is 170 g/mol. The molecule has 1 heterocycles. The molecule has 0 unspecified atom stereocenters. The van der Waals surface area contributed by atoms with Crippen LogP contribution in [-0.4, -0.2) is 11.2 Å². The maximum atomic E-state index is 10.6. The van der Waals surface area contributed by atoms with Gasteiger partial charge in [0, 0.05) is 6.07 Å². The molecule has 12 heavy (non-hydrogen) atoms. The van der Waals surface area contributed by atoms with Crippen LogP contribution in [0.4, 0.5) is 4.79 Å². The topological polar surface area (TPSA) is 93.2 Å². The van der Waals surface area contributed by atoms with Gasteiger partial charge < -0.3 is 9.84 Å². The second kappa shape index (κ2) is 3.72. The van der Waals surface area contributed by atoms with Crippen LogP contribution < -0.4 is 16.6 Å². The summed E-state index contributed by atoms with van der Waals surface area (Å²) >= 11 is 0. The molecule has 4 N–H and O–H groups in total. The Labute approximate surface area is 69.1 Å². The van der Waals surface area contributed by atoms with Crippen LogP contribution in [0.3, 0.4) is 0 Å². The number of urea groups is 1. The molecule has 2 amide bonds. The van der Waals surface area contributed by atoms with Gasteiger partial charge in [-0.25, -0.2) is 10.6 Å². The van der Waals surface area contributed by atoms with Crippen LogP contribution in [0.5, 0.6) is 0 Å². The molecule has 6 heteroatoms. The van der Waals surface area contributed by atoms with Gasteiger partial charge in [-0.2, -0.15) is 0 Å². The molecular formula is C6H10N4O2. The maximum Gasteiger partial charge on any atom is 0.329 e. The van der Waals surface area contributed by atoms with Crippen LogP contribution in [0.25, 0.3) is 0 Å². The molecule has 66 valence electrons. The van der Waals surface area contributed by atoms with Gasteiger partial charge in [0.1, 0.15) is 11.5 Å². The second-order valence-corrected chi connectivity index (χ2v) is 2.26. The second-order valence-electron chi connectivity index (χ2n) is 2.26. The molecule has 0 fully saturated rings. The third-order valence-electron chi connectivity index (χ3n) is 1.24. The monoisotopic (exact) mass is 170 g/mol. The van der Waals surface area contributed by atoms with Crippen molar-refractivity contribution in [3.05, 3.63) is 17.5 Å². The lowest BCUT2D eigenvalue weighted by molar-refractivity contribution is 0.240. The molecule has 0 saturated carbocycles. The van der Waals surface area contributed by atoms with E-state index >= 15 is 0 Å². The lowest BCUT2D eigenvalue weighted by Crippen LogP contribution is -2.39. The Morgan fingerprint density at radius 1 is 1.83 bits per heavy atom. The van der Waals surface area contributed by atoms with Gasteiger partial charge >= 0.3 is 6.03 Å². The van der Waals surface area contributed by atoms with E-state index in [0.717, 1.165) is 0 Å². The van der Waals surface area contributed by atoms with E-state index in [1.807, 2.05) is 5.43 Å². The molecule has 0 atom stereocenters. The number of nitrogens with two attached hydrogens (primary N) is 1. The van der Waals surface area contributed by atoms with Gasteiger partial charge in [-0.1, -0.05) is 5.16 Å². The Hall–Kier alpha value is -1.56. The average Bonchev–Trinajstić information content (AvgIpc) is 2.47. The number of amides is 2. The number of carbonyl (C=O) groups excluding carboxylic acids is 1. The number of carbonyl (C=O) groups is 1. The molecule has 0 aromatic carbocycles. The molecule has 0 bridgehead atoms. The van der Waals surface area contributed by atoms with Gasteiger partial charge in [0.05, 0.1) is 6.54 Å². The lowest BCUT2D eigenvalue weighted by Gasteiger charge is -1.99. The standard InChI is InChI=1S/C6H10N4O2/c1-4-2-5(10-12-4)3-8-6(11)9-7/h2H,3,7H2,1H3,(H2,8,9,11). The Kier molecular flexibility index (Phi) is 2.65. The Balaban J connectivity index is 2.38. The molecule has 0 radical (unpaired) electrons. The van der Waals surface area contributed by atoms with Gasteiger partial charge in [-0.15, -0.1) is 0 Å². The minimum Gasteiger partial charge on any atom is -0.361 e. The fourth-order valence-electron chi connectivity index (χ4n) is 0.723. The summed E-state index contributed by atoms with van der Waals surface area (Å²) in [5.74, 6) is 5.54. The number of hydrogen-bond donors (Lipinski definition) is 3. The van der Waals surface area contributed by atoms with Crippen molar-refractivity contribution in [3.8, 4) is 0 Å². The van der Waals surface area contributed by atoms with E-state index in [9.17, 15) is 4.79 Å². The van der Waals surface area contributed by atoms with Crippen molar-refractivity contribution in [3.63, 3.8) is 0 Å². The van der Waals surface area contributed by atoms with Crippen molar-refractivity contribution in [1.29, 1.82) is 0 Å². The third-order valence-corrected chi connectivity index (χ3v) is 1.24. The van der Waals surface area contributed by atoms with E-state index in [1.54, 1.807) is 13.0 Å². The maximum absolute atomic E-state index is 10.6. The van der Waals surface area contributed by atoms with Crippen LogP contribution >= 0.6 is 0 Å². The normalized spacial score (nSPS) is 9.50. The van der Waals surface area contributed by atoms with Gasteiger partial charge in [-0.3, -0.25) is 5.43 Å². The van der Waals surface area contributed by atoms with E-state index in [2.05, 4.69) is 10.5 Å². The quantitative estimate of drug-likeness (QED) is 0.321. The summed E-state index contributed by atoms with van der Waals surface area (Å²) in [4.78, 5) is 10.6. The van der Waals surface area contributed by atoms with Gasteiger partial charge in [0.25, 0.3) is 0 Å². The van der Waals surface area contributed by atoms with Crippen LogP contribution in [0.15, 0.2) is 10.6 Å². The molecule has 0 spiro atoms. The number of aromatic nitrogens is 1. The van der Waals surface area contributed by atoms with E-state index in [-0.39, 0.29) is 0 Å². The number of hydrogen-bond acceptors (Lipinski definition) is 4. The molecule has 1 rings (SSSR count). The zero-order valence-corrected chi connectivity index (χ0v) is 6.63. The van der Waals surface area contributed by atoms with Crippen molar-refractivity contribution in [2.24, 2.45) is 5.84 Å². The van der Waals surface area contributed by atoms with Gasteiger partial charge in [0.2, 0.25) is 0 Å². The van der Waals surface area contributed by atoms with Crippen molar-refractivity contribution in [1.82, 2.24) is 15.9 Å². The zero-order chi connectivity index (χ0) is 8.97. The van der Waals surface area contributed by atoms with E-state index in [0.29, 0.717) is 18.0 Å². The summed E-state index contributed by atoms with van der Waals surface area (Å²) in [6.45, 7) is 2.08.